The lowest BCUT2D eigenvalue weighted by Crippen LogP contribution is -2.11. The summed E-state index contributed by atoms with van der Waals surface area (Å²) in [6, 6.07) is 0. The molecule has 0 N–H and O–H groups in total. The van der Waals surface area contributed by atoms with Crippen molar-refractivity contribution in [2.45, 2.75) is 156 Å². The smallest absolute Gasteiger partial charge is 0.0494 e. The lowest BCUT2D eigenvalue weighted by molar-refractivity contribution is 0.0888. The second-order valence-corrected chi connectivity index (χ2v) is 9.18. The summed E-state index contributed by atoms with van der Waals surface area (Å²) in [5.74, 6) is 0.821. The van der Waals surface area contributed by atoms with Crippen LogP contribution >= 0.6 is 0 Å². The summed E-state index contributed by atoms with van der Waals surface area (Å²) >= 11 is 0. The van der Waals surface area contributed by atoms with Crippen molar-refractivity contribution in [3.8, 4) is 0 Å². The van der Waals surface area contributed by atoms with Crippen molar-refractivity contribution >= 4 is 0 Å². The Bertz CT molecular complexity index is 263. The van der Waals surface area contributed by atoms with Crippen LogP contribution in [0.5, 0.6) is 0 Å². The molecule has 0 radical (unpaired) electrons. The third kappa shape index (κ3) is 22.3. The van der Waals surface area contributed by atoms with Crippen LogP contribution in [0.1, 0.15) is 156 Å². The van der Waals surface area contributed by atoms with Crippen LogP contribution in [0.3, 0.4) is 0 Å². The van der Waals surface area contributed by atoms with Crippen molar-refractivity contribution in [3.63, 3.8) is 0 Å². The quantitative estimate of drug-likeness (QED) is 0.147. The largest absolute Gasteiger partial charge is 0.381 e. The van der Waals surface area contributed by atoms with E-state index in [-0.39, 0.29) is 0 Å². The van der Waals surface area contributed by atoms with E-state index < -0.39 is 0 Å². The molecule has 0 saturated carbocycles. The van der Waals surface area contributed by atoms with Crippen LogP contribution in [0.25, 0.3) is 0 Å². The van der Waals surface area contributed by atoms with Gasteiger partial charge in [0.15, 0.2) is 0 Å². The van der Waals surface area contributed by atoms with Crippen LogP contribution in [-0.2, 0) is 4.74 Å². The minimum absolute atomic E-state index is 0.821. The molecule has 1 nitrogen and oxygen atoms in total. The fourth-order valence-corrected chi connectivity index (χ4v) is 4.12. The maximum absolute atomic E-state index is 5.99. The molecule has 0 amide bonds. The average molecular weight is 397 g/mol. The van der Waals surface area contributed by atoms with Crippen LogP contribution in [0.15, 0.2) is 0 Å². The van der Waals surface area contributed by atoms with Crippen LogP contribution in [-0.4, -0.2) is 13.2 Å². The SMILES string of the molecule is CCCCCCCCCCCCC(CCCCCCCCC)COCCCC. The van der Waals surface area contributed by atoms with E-state index in [1.54, 1.807) is 0 Å². The second-order valence-electron chi connectivity index (χ2n) is 9.18. The van der Waals surface area contributed by atoms with Crippen molar-refractivity contribution < 1.29 is 4.74 Å². The van der Waals surface area contributed by atoms with Gasteiger partial charge in [-0.3, -0.25) is 0 Å². The fourth-order valence-electron chi connectivity index (χ4n) is 4.12. The molecule has 0 aliphatic heterocycles. The third-order valence-corrected chi connectivity index (χ3v) is 6.18. The highest BCUT2D eigenvalue weighted by atomic mass is 16.5. The molecule has 0 spiro atoms. The van der Waals surface area contributed by atoms with E-state index in [1.807, 2.05) is 0 Å². The molecule has 1 atom stereocenters. The van der Waals surface area contributed by atoms with Gasteiger partial charge in [0.25, 0.3) is 0 Å². The zero-order chi connectivity index (χ0) is 20.5. The van der Waals surface area contributed by atoms with Gasteiger partial charge in [0, 0.05) is 13.2 Å². The van der Waals surface area contributed by atoms with E-state index in [1.165, 1.54) is 135 Å². The molecule has 0 aliphatic carbocycles. The summed E-state index contributed by atoms with van der Waals surface area (Å²) in [4.78, 5) is 0. The van der Waals surface area contributed by atoms with Gasteiger partial charge in [-0.05, 0) is 25.2 Å². The van der Waals surface area contributed by atoms with Crippen LogP contribution < -0.4 is 0 Å². The molecule has 1 heteroatoms. The van der Waals surface area contributed by atoms with Gasteiger partial charge in [0.1, 0.15) is 0 Å². The van der Waals surface area contributed by atoms with E-state index in [4.69, 9.17) is 4.74 Å². The molecule has 0 aromatic heterocycles. The van der Waals surface area contributed by atoms with Gasteiger partial charge in [0.05, 0.1) is 0 Å². The minimum Gasteiger partial charge on any atom is -0.381 e. The molecule has 1 unspecified atom stereocenters. The van der Waals surface area contributed by atoms with Gasteiger partial charge in [-0.15, -0.1) is 0 Å². The van der Waals surface area contributed by atoms with E-state index in [2.05, 4.69) is 20.8 Å². The van der Waals surface area contributed by atoms with Gasteiger partial charge in [-0.2, -0.15) is 0 Å². The van der Waals surface area contributed by atoms with E-state index in [0.717, 1.165) is 19.1 Å². The number of hydrogen-bond acceptors (Lipinski definition) is 1. The molecule has 28 heavy (non-hydrogen) atoms. The highest BCUT2D eigenvalue weighted by molar-refractivity contribution is 4.61. The Morgan fingerprint density at radius 1 is 0.429 bits per heavy atom. The van der Waals surface area contributed by atoms with Crippen molar-refractivity contribution in [1.82, 2.24) is 0 Å². The Morgan fingerprint density at radius 2 is 0.786 bits per heavy atom. The van der Waals surface area contributed by atoms with Crippen molar-refractivity contribution in [3.05, 3.63) is 0 Å². The van der Waals surface area contributed by atoms with Gasteiger partial charge in [-0.25, -0.2) is 0 Å². The first-order valence-electron chi connectivity index (χ1n) is 13.4. The molecular formula is C27H56O. The molecule has 0 rings (SSSR count). The Hall–Kier alpha value is -0.0400. The lowest BCUT2D eigenvalue weighted by atomic mass is 9.94. The van der Waals surface area contributed by atoms with Crippen LogP contribution in [0.4, 0.5) is 0 Å². The maximum Gasteiger partial charge on any atom is 0.0494 e. The van der Waals surface area contributed by atoms with Gasteiger partial charge in [-0.1, -0.05) is 136 Å². The van der Waals surface area contributed by atoms with Crippen molar-refractivity contribution in [1.29, 1.82) is 0 Å². The standard InChI is InChI=1S/C27H56O/c1-4-7-10-12-14-15-16-18-20-22-24-27(26-28-25-9-6-3)23-21-19-17-13-11-8-5-2/h27H,4-26H2,1-3H3. The summed E-state index contributed by atoms with van der Waals surface area (Å²) in [5.41, 5.74) is 0. The zero-order valence-electron chi connectivity index (χ0n) is 20.2. The number of unbranched alkanes of at least 4 members (excludes halogenated alkanes) is 16. The molecule has 0 aromatic rings. The Morgan fingerprint density at radius 3 is 1.18 bits per heavy atom. The van der Waals surface area contributed by atoms with Crippen LogP contribution in [0, 0.1) is 5.92 Å². The predicted molar refractivity (Wildman–Crippen MR) is 128 cm³/mol. The molecule has 170 valence electrons. The Balaban J connectivity index is 3.68. The molecule has 0 saturated heterocycles. The number of hydrogen-bond donors (Lipinski definition) is 0. The first-order valence-corrected chi connectivity index (χ1v) is 13.4. The van der Waals surface area contributed by atoms with Crippen molar-refractivity contribution in [2.75, 3.05) is 13.2 Å². The predicted octanol–water partition coefficient (Wildman–Crippen LogP) is 9.87. The summed E-state index contributed by atoms with van der Waals surface area (Å²) in [7, 11) is 0. The highest BCUT2D eigenvalue weighted by Gasteiger charge is 2.09. The third-order valence-electron chi connectivity index (χ3n) is 6.18. The molecule has 0 aliphatic rings. The molecule has 0 aromatic carbocycles. The van der Waals surface area contributed by atoms with Gasteiger partial charge < -0.3 is 4.74 Å². The summed E-state index contributed by atoms with van der Waals surface area (Å²) in [5, 5.41) is 0. The van der Waals surface area contributed by atoms with Gasteiger partial charge >= 0.3 is 0 Å². The minimum atomic E-state index is 0.821. The highest BCUT2D eigenvalue weighted by Crippen LogP contribution is 2.20. The summed E-state index contributed by atoms with van der Waals surface area (Å²) in [6.07, 6.45) is 29.7. The molecule has 0 bridgehead atoms. The maximum atomic E-state index is 5.99. The first-order chi connectivity index (χ1) is 13.8. The average Bonchev–Trinajstić information content (AvgIpc) is 2.71. The van der Waals surface area contributed by atoms with Crippen LogP contribution in [0.2, 0.25) is 0 Å². The summed E-state index contributed by atoms with van der Waals surface area (Å²) < 4.78 is 5.99. The Kier molecular flexibility index (Phi) is 25.0. The van der Waals surface area contributed by atoms with E-state index in [9.17, 15) is 0 Å². The second kappa shape index (κ2) is 25.0. The fraction of sp³-hybridized carbons (Fsp3) is 1.00. The summed E-state index contributed by atoms with van der Waals surface area (Å²) in [6.45, 7) is 8.85. The lowest BCUT2D eigenvalue weighted by Gasteiger charge is -2.17. The number of rotatable bonds is 24. The van der Waals surface area contributed by atoms with Crippen molar-refractivity contribution in [2.24, 2.45) is 5.92 Å². The van der Waals surface area contributed by atoms with E-state index >= 15 is 0 Å². The Labute approximate surface area is 179 Å². The topological polar surface area (TPSA) is 9.23 Å². The van der Waals surface area contributed by atoms with Gasteiger partial charge in [0.2, 0.25) is 0 Å². The first kappa shape index (κ1) is 28.0. The molecule has 0 heterocycles. The van der Waals surface area contributed by atoms with E-state index in [0.29, 0.717) is 0 Å². The molecule has 0 fully saturated rings. The molecular weight excluding hydrogens is 340 g/mol. The number of ether oxygens (including phenoxy) is 1. The normalized spacial score (nSPS) is 12.5. The zero-order valence-corrected chi connectivity index (χ0v) is 20.2. The monoisotopic (exact) mass is 396 g/mol.